The van der Waals surface area contributed by atoms with Crippen molar-refractivity contribution in [1.82, 2.24) is 15.3 Å². The second kappa shape index (κ2) is 9.32. The van der Waals surface area contributed by atoms with Crippen LogP contribution in [-0.2, 0) is 22.4 Å². The van der Waals surface area contributed by atoms with Crippen LogP contribution in [0.2, 0.25) is 0 Å². The lowest BCUT2D eigenvalue weighted by molar-refractivity contribution is -0.139. The third-order valence-electron chi connectivity index (χ3n) is 5.02. The van der Waals surface area contributed by atoms with Crippen LogP contribution >= 0.6 is 0 Å². The molecular formula is C19H24N6O6. The van der Waals surface area contributed by atoms with Gasteiger partial charge in [0, 0.05) is 19.4 Å². The molecule has 0 aliphatic carbocycles. The number of carbonyl (C=O) groups excluding carboxylic acids is 2. The van der Waals surface area contributed by atoms with Gasteiger partial charge in [0.15, 0.2) is 5.76 Å². The molecule has 3 rings (SSSR count). The number of hydrogen-bond acceptors (Lipinski definition) is 9. The molecule has 0 aromatic carbocycles. The number of amides is 2. The first-order valence-electron chi connectivity index (χ1n) is 9.72. The van der Waals surface area contributed by atoms with Gasteiger partial charge >= 0.3 is 5.97 Å². The van der Waals surface area contributed by atoms with Gasteiger partial charge in [0.1, 0.15) is 17.6 Å². The fourth-order valence-electron chi connectivity index (χ4n) is 3.38. The molecule has 0 saturated carbocycles. The van der Waals surface area contributed by atoms with E-state index in [1.54, 1.807) is 6.07 Å². The zero-order valence-corrected chi connectivity index (χ0v) is 16.6. The number of aromatic nitrogens is 2. The minimum Gasteiger partial charge on any atom is -0.493 e. The number of primary amides is 1. The lowest BCUT2D eigenvalue weighted by Gasteiger charge is -2.25. The van der Waals surface area contributed by atoms with Crippen LogP contribution in [0.5, 0.6) is 5.88 Å². The smallest absolute Gasteiger partial charge is 0.326 e. The molecule has 31 heavy (non-hydrogen) atoms. The van der Waals surface area contributed by atoms with E-state index in [2.05, 4.69) is 20.6 Å². The number of anilines is 2. The van der Waals surface area contributed by atoms with Crippen molar-refractivity contribution in [3.8, 4) is 5.88 Å². The summed E-state index contributed by atoms with van der Waals surface area (Å²) in [5.41, 5.74) is 11.2. The van der Waals surface area contributed by atoms with Crippen molar-refractivity contribution < 1.29 is 29.0 Å². The number of nitrogens with zero attached hydrogens (tertiary/aromatic N) is 2. The first kappa shape index (κ1) is 21.9. The van der Waals surface area contributed by atoms with E-state index in [4.69, 9.17) is 15.9 Å². The molecule has 12 nitrogen and oxygen atoms in total. The average Bonchev–Trinajstić information content (AvgIpc) is 3.18. The number of aliphatic carboxylic acids is 1. The Morgan fingerprint density at radius 1 is 1.32 bits per heavy atom. The average molecular weight is 432 g/mol. The molecule has 0 fully saturated rings. The van der Waals surface area contributed by atoms with E-state index < -0.39 is 23.8 Å². The minimum atomic E-state index is -1.26. The molecule has 0 bridgehead atoms. The van der Waals surface area contributed by atoms with E-state index in [1.165, 1.54) is 6.07 Å². The van der Waals surface area contributed by atoms with E-state index >= 15 is 0 Å². The quantitative estimate of drug-likeness (QED) is 0.313. The number of nitrogens with two attached hydrogens (primary N) is 2. The lowest BCUT2D eigenvalue weighted by atomic mass is 9.92. The second-order valence-corrected chi connectivity index (χ2v) is 7.36. The highest BCUT2D eigenvalue weighted by molar-refractivity contribution is 5.94. The van der Waals surface area contributed by atoms with E-state index in [9.17, 15) is 24.6 Å². The molecule has 2 amide bonds. The van der Waals surface area contributed by atoms with Gasteiger partial charge in [0.25, 0.3) is 5.91 Å². The summed E-state index contributed by atoms with van der Waals surface area (Å²) in [6.07, 6.45) is 1.55. The Hall–Kier alpha value is -3.83. The fraction of sp³-hybridized carbons (Fsp3) is 0.421. The molecule has 1 aliphatic rings. The van der Waals surface area contributed by atoms with Crippen LogP contribution in [0.15, 0.2) is 16.5 Å². The number of rotatable bonds is 9. The number of carbonyl (C=O) groups is 3. The van der Waals surface area contributed by atoms with Crippen molar-refractivity contribution in [2.75, 3.05) is 17.6 Å². The van der Waals surface area contributed by atoms with Gasteiger partial charge in [-0.15, -0.1) is 0 Å². The molecule has 12 heteroatoms. The summed E-state index contributed by atoms with van der Waals surface area (Å²) in [5.74, 6) is -1.47. The number of aryl methyl sites for hydroxylation is 1. The van der Waals surface area contributed by atoms with Crippen molar-refractivity contribution in [2.24, 2.45) is 11.7 Å². The first-order valence-corrected chi connectivity index (χ1v) is 9.72. The molecule has 2 aromatic heterocycles. The number of carboxylic acid groups (broad SMARTS) is 1. The third-order valence-corrected chi connectivity index (χ3v) is 5.02. The van der Waals surface area contributed by atoms with Crippen LogP contribution in [0.25, 0.3) is 0 Å². The Labute approximate surface area is 177 Å². The topological polar surface area (TPSA) is 207 Å². The fourth-order valence-corrected chi connectivity index (χ4v) is 3.38. The van der Waals surface area contributed by atoms with Gasteiger partial charge in [0.05, 0.1) is 5.56 Å². The predicted molar refractivity (Wildman–Crippen MR) is 108 cm³/mol. The van der Waals surface area contributed by atoms with Crippen molar-refractivity contribution in [2.45, 2.75) is 38.1 Å². The molecule has 1 aliphatic heterocycles. The largest absolute Gasteiger partial charge is 0.493 e. The first-order chi connectivity index (χ1) is 14.7. The maximum atomic E-state index is 12.3. The number of aromatic hydroxyl groups is 1. The summed E-state index contributed by atoms with van der Waals surface area (Å²) >= 11 is 0. The van der Waals surface area contributed by atoms with Crippen LogP contribution in [-0.4, -0.2) is 50.6 Å². The molecule has 2 aromatic rings. The normalized spacial score (nSPS) is 16.1. The van der Waals surface area contributed by atoms with E-state index in [0.717, 1.165) is 0 Å². The van der Waals surface area contributed by atoms with Crippen molar-refractivity contribution >= 4 is 29.5 Å². The summed E-state index contributed by atoms with van der Waals surface area (Å²) in [4.78, 5) is 42.2. The highest BCUT2D eigenvalue weighted by Crippen LogP contribution is 2.31. The van der Waals surface area contributed by atoms with Crippen LogP contribution in [0, 0.1) is 5.92 Å². The maximum absolute atomic E-state index is 12.3. The zero-order valence-electron chi connectivity index (χ0n) is 16.6. The monoisotopic (exact) mass is 432 g/mol. The molecule has 0 radical (unpaired) electrons. The molecule has 0 unspecified atom stereocenters. The van der Waals surface area contributed by atoms with E-state index in [0.29, 0.717) is 42.9 Å². The van der Waals surface area contributed by atoms with Crippen molar-refractivity contribution in [3.05, 3.63) is 29.2 Å². The van der Waals surface area contributed by atoms with Gasteiger partial charge in [-0.3, -0.25) is 9.59 Å². The summed E-state index contributed by atoms with van der Waals surface area (Å²) in [6.45, 7) is 0.636. The second-order valence-electron chi connectivity index (χ2n) is 7.36. The van der Waals surface area contributed by atoms with Gasteiger partial charge in [-0.25, -0.2) is 4.79 Å². The third kappa shape index (κ3) is 5.62. The SMILES string of the molecule is NC(=O)CC[C@H](NC(=O)c1ccc(CC[C@H]2CNc3nc(N)nc(O)c3C2)o1)C(=O)O. The molecule has 2 atom stereocenters. The molecule has 0 saturated heterocycles. The predicted octanol–water partition coefficient (Wildman–Crippen LogP) is 0.0229. The molecule has 166 valence electrons. The Morgan fingerprint density at radius 3 is 2.81 bits per heavy atom. The Balaban J connectivity index is 1.54. The molecule has 8 N–H and O–H groups in total. The summed E-state index contributed by atoms with van der Waals surface area (Å²) in [7, 11) is 0. The number of nitrogen functional groups attached to an aromatic ring is 1. The van der Waals surface area contributed by atoms with Crippen LogP contribution in [0.4, 0.5) is 11.8 Å². The summed E-state index contributed by atoms with van der Waals surface area (Å²) in [5, 5.41) is 24.6. The number of carboxylic acids is 1. The van der Waals surface area contributed by atoms with Crippen LogP contribution in [0.1, 0.15) is 41.1 Å². The van der Waals surface area contributed by atoms with Crippen LogP contribution < -0.4 is 22.1 Å². The Bertz CT molecular complexity index is 990. The van der Waals surface area contributed by atoms with E-state index in [-0.39, 0.29) is 36.3 Å². The van der Waals surface area contributed by atoms with E-state index in [1.807, 2.05) is 0 Å². The van der Waals surface area contributed by atoms with Gasteiger partial charge < -0.3 is 36.7 Å². The number of fused-ring (bicyclic) bond motifs is 1. The zero-order chi connectivity index (χ0) is 22.5. The van der Waals surface area contributed by atoms with Crippen molar-refractivity contribution in [1.29, 1.82) is 0 Å². The maximum Gasteiger partial charge on any atom is 0.326 e. The minimum absolute atomic E-state index is 0.00311. The number of hydrogen-bond donors (Lipinski definition) is 6. The standard InChI is InChI=1S/C19H24N6O6/c20-14(26)6-4-12(18(29)30)23-17(28)13-5-3-10(31-13)2-1-9-7-11-15(22-8-9)24-19(21)25-16(11)27/h3,5,9,12H,1-2,4,6-8H2,(H2,20,26)(H,23,28)(H,29,30)(H4,21,22,24,25,27)/t9-,12+/m1/s1. The Kier molecular flexibility index (Phi) is 6.58. The number of furan rings is 1. The molecule has 3 heterocycles. The van der Waals surface area contributed by atoms with Gasteiger partial charge in [0.2, 0.25) is 17.7 Å². The van der Waals surface area contributed by atoms with Gasteiger partial charge in [-0.2, -0.15) is 9.97 Å². The lowest BCUT2D eigenvalue weighted by Crippen LogP contribution is -2.41. The van der Waals surface area contributed by atoms with Gasteiger partial charge in [-0.1, -0.05) is 0 Å². The summed E-state index contributed by atoms with van der Waals surface area (Å²) in [6, 6.07) is 1.87. The molecule has 0 spiro atoms. The molecular weight excluding hydrogens is 408 g/mol. The number of nitrogens with one attached hydrogen (secondary N) is 2. The summed E-state index contributed by atoms with van der Waals surface area (Å²) < 4.78 is 5.54. The highest BCUT2D eigenvalue weighted by Gasteiger charge is 2.25. The Morgan fingerprint density at radius 2 is 2.10 bits per heavy atom. The highest BCUT2D eigenvalue weighted by atomic mass is 16.4. The van der Waals surface area contributed by atoms with Crippen molar-refractivity contribution in [3.63, 3.8) is 0 Å². The van der Waals surface area contributed by atoms with Gasteiger partial charge in [-0.05, 0) is 37.3 Å². The van der Waals surface area contributed by atoms with Crippen LogP contribution in [0.3, 0.4) is 0 Å².